The summed E-state index contributed by atoms with van der Waals surface area (Å²) in [4.78, 5) is 11.9. The number of carbonyl (C=O) groups excluding carboxylic acids is 1. The van der Waals surface area contributed by atoms with Gasteiger partial charge in [0.2, 0.25) is 0 Å². The van der Waals surface area contributed by atoms with E-state index in [1.54, 1.807) is 31.2 Å². The molecular weight excluding hydrogens is 456 g/mol. The molecule has 0 radical (unpaired) electrons. The second kappa shape index (κ2) is 9.57. The molecule has 1 aliphatic rings. The van der Waals surface area contributed by atoms with Gasteiger partial charge in [0.15, 0.2) is 0 Å². The summed E-state index contributed by atoms with van der Waals surface area (Å²) in [6.45, 7) is 4.86. The molecule has 2 unspecified atom stereocenters. The fourth-order valence-electron chi connectivity index (χ4n) is 3.25. The van der Waals surface area contributed by atoms with Crippen molar-refractivity contribution in [3.63, 3.8) is 0 Å². The highest BCUT2D eigenvalue weighted by molar-refractivity contribution is 7.87. The third-order valence-corrected chi connectivity index (χ3v) is 7.76. The molecule has 9 nitrogen and oxygen atoms in total. The number of aryl methyl sites for hydroxylation is 2. The third-order valence-electron chi connectivity index (χ3n) is 5.17. The van der Waals surface area contributed by atoms with E-state index in [4.69, 9.17) is 8.37 Å². The predicted octanol–water partition coefficient (Wildman–Crippen LogP) is 2.10. The summed E-state index contributed by atoms with van der Waals surface area (Å²) in [5, 5.41) is 5.28. The molecule has 3 atom stereocenters. The predicted molar refractivity (Wildman–Crippen MR) is 117 cm³/mol. The van der Waals surface area contributed by atoms with Crippen LogP contribution in [0.4, 0.5) is 4.79 Å². The molecule has 1 fully saturated rings. The Hall–Kier alpha value is -2.47. The van der Waals surface area contributed by atoms with Crippen LogP contribution in [0, 0.1) is 19.8 Å². The van der Waals surface area contributed by atoms with Crippen LogP contribution in [-0.2, 0) is 28.6 Å². The van der Waals surface area contributed by atoms with Gasteiger partial charge in [-0.3, -0.25) is 8.37 Å². The monoisotopic (exact) mass is 482 g/mol. The summed E-state index contributed by atoms with van der Waals surface area (Å²) >= 11 is 0. The first kappa shape index (κ1) is 24.2. The average molecular weight is 483 g/mol. The molecule has 1 aliphatic heterocycles. The molecule has 2 amide bonds. The molecule has 32 heavy (non-hydrogen) atoms. The molecule has 0 aliphatic carbocycles. The minimum absolute atomic E-state index is 0.0116. The van der Waals surface area contributed by atoms with E-state index < -0.39 is 44.3 Å². The maximum atomic E-state index is 12.4. The number of nitrogens with one attached hydrogen (secondary N) is 2. The SMILES string of the molecule is Cc1ccc(S(=O)(=O)OCC(C)C2NC(=O)N[C@@H]2COS(=O)(=O)c2ccc(C)cc2)cc1. The lowest BCUT2D eigenvalue weighted by Crippen LogP contribution is -2.44. The minimum atomic E-state index is -4.01. The maximum Gasteiger partial charge on any atom is 0.315 e. The number of amides is 2. The van der Waals surface area contributed by atoms with E-state index in [2.05, 4.69) is 10.6 Å². The topological polar surface area (TPSA) is 128 Å². The van der Waals surface area contributed by atoms with Gasteiger partial charge in [-0.1, -0.05) is 42.3 Å². The van der Waals surface area contributed by atoms with E-state index in [9.17, 15) is 21.6 Å². The second-order valence-electron chi connectivity index (χ2n) is 7.83. The molecule has 0 spiro atoms. The first-order chi connectivity index (χ1) is 15.0. The van der Waals surface area contributed by atoms with Gasteiger partial charge in [0.1, 0.15) is 0 Å². The van der Waals surface area contributed by atoms with Crippen molar-refractivity contribution >= 4 is 26.3 Å². The van der Waals surface area contributed by atoms with Crippen molar-refractivity contribution in [2.24, 2.45) is 5.92 Å². The number of carbonyl (C=O) groups is 1. The van der Waals surface area contributed by atoms with Gasteiger partial charge in [-0.15, -0.1) is 0 Å². The Morgan fingerprint density at radius 1 is 0.812 bits per heavy atom. The van der Waals surface area contributed by atoms with Crippen molar-refractivity contribution in [3.05, 3.63) is 59.7 Å². The van der Waals surface area contributed by atoms with E-state index in [1.165, 1.54) is 24.3 Å². The Kier molecular flexibility index (Phi) is 7.23. The summed E-state index contributed by atoms with van der Waals surface area (Å²) < 4.78 is 60.0. The Labute approximate surface area is 188 Å². The lowest BCUT2D eigenvalue weighted by molar-refractivity contribution is 0.199. The highest BCUT2D eigenvalue weighted by atomic mass is 32.2. The van der Waals surface area contributed by atoms with Crippen molar-refractivity contribution in [3.8, 4) is 0 Å². The fourth-order valence-corrected chi connectivity index (χ4v) is 5.18. The Morgan fingerprint density at radius 3 is 1.78 bits per heavy atom. The van der Waals surface area contributed by atoms with Gasteiger partial charge in [-0.2, -0.15) is 16.8 Å². The van der Waals surface area contributed by atoms with Gasteiger partial charge in [-0.05, 0) is 38.1 Å². The smallest absolute Gasteiger partial charge is 0.315 e. The van der Waals surface area contributed by atoms with Gasteiger partial charge in [0.05, 0.1) is 35.1 Å². The summed E-state index contributed by atoms with van der Waals surface area (Å²) in [6, 6.07) is 10.7. The third kappa shape index (κ3) is 5.85. The van der Waals surface area contributed by atoms with Crippen LogP contribution in [0.1, 0.15) is 18.1 Å². The van der Waals surface area contributed by atoms with Gasteiger partial charge < -0.3 is 10.6 Å². The van der Waals surface area contributed by atoms with E-state index in [1.807, 2.05) is 13.8 Å². The molecule has 2 aromatic rings. The summed E-state index contributed by atoms with van der Waals surface area (Å²) in [5.74, 6) is -0.454. The number of rotatable bonds is 9. The molecule has 2 aromatic carbocycles. The molecular formula is C21H26N2O7S2. The van der Waals surface area contributed by atoms with Crippen molar-refractivity contribution in [1.29, 1.82) is 0 Å². The Bertz CT molecular complexity index is 1160. The van der Waals surface area contributed by atoms with E-state index >= 15 is 0 Å². The lowest BCUT2D eigenvalue weighted by atomic mass is 9.98. The standard InChI is InChI=1S/C21H26N2O7S2/c1-14-4-8-17(9-5-14)31(25,26)29-12-16(3)20-19(22-21(24)23-20)13-30-32(27,28)18-10-6-15(2)7-11-18/h4-11,16,19-20H,12-13H2,1-3H3,(H2,22,23,24)/t16?,19-,20?/m1/s1. The summed E-state index contributed by atoms with van der Waals surface area (Å²) in [7, 11) is -7.98. The number of benzene rings is 2. The van der Waals surface area contributed by atoms with Crippen LogP contribution in [-0.4, -0.2) is 48.2 Å². The van der Waals surface area contributed by atoms with Gasteiger partial charge in [0, 0.05) is 5.92 Å². The van der Waals surface area contributed by atoms with E-state index in [0.29, 0.717) is 0 Å². The molecule has 11 heteroatoms. The van der Waals surface area contributed by atoms with Crippen molar-refractivity contribution in [2.75, 3.05) is 13.2 Å². The van der Waals surface area contributed by atoms with Crippen LogP contribution in [0.3, 0.4) is 0 Å². The normalized spacial score (nSPS) is 19.9. The maximum absolute atomic E-state index is 12.4. The molecule has 1 saturated heterocycles. The average Bonchev–Trinajstić information content (AvgIpc) is 3.12. The van der Waals surface area contributed by atoms with E-state index in [-0.39, 0.29) is 23.0 Å². The van der Waals surface area contributed by atoms with Crippen molar-refractivity contribution < 1.29 is 30.0 Å². The first-order valence-electron chi connectivity index (χ1n) is 9.97. The zero-order valence-corrected chi connectivity index (χ0v) is 19.6. The van der Waals surface area contributed by atoms with Crippen LogP contribution in [0.25, 0.3) is 0 Å². The first-order valence-corrected chi connectivity index (χ1v) is 12.8. The molecule has 0 saturated carbocycles. The van der Waals surface area contributed by atoms with Crippen LogP contribution in [0.5, 0.6) is 0 Å². The summed E-state index contributed by atoms with van der Waals surface area (Å²) in [6.07, 6.45) is 0. The van der Waals surface area contributed by atoms with Crippen LogP contribution < -0.4 is 10.6 Å². The summed E-state index contributed by atoms with van der Waals surface area (Å²) in [5.41, 5.74) is 1.83. The zero-order valence-electron chi connectivity index (χ0n) is 17.9. The molecule has 2 N–H and O–H groups in total. The molecule has 0 aromatic heterocycles. The molecule has 1 heterocycles. The Morgan fingerprint density at radius 2 is 1.28 bits per heavy atom. The zero-order chi connectivity index (χ0) is 23.5. The highest BCUT2D eigenvalue weighted by Gasteiger charge is 2.37. The van der Waals surface area contributed by atoms with Gasteiger partial charge in [-0.25, -0.2) is 4.79 Å². The van der Waals surface area contributed by atoms with E-state index in [0.717, 1.165) is 11.1 Å². The van der Waals surface area contributed by atoms with Crippen LogP contribution >= 0.6 is 0 Å². The number of hydrogen-bond donors (Lipinski definition) is 2. The molecule has 3 rings (SSSR count). The fraction of sp³-hybridized carbons (Fsp3) is 0.381. The quantitative estimate of drug-likeness (QED) is 0.524. The van der Waals surface area contributed by atoms with Crippen molar-refractivity contribution in [2.45, 2.75) is 42.6 Å². The van der Waals surface area contributed by atoms with Crippen molar-refractivity contribution in [1.82, 2.24) is 10.6 Å². The number of hydrogen-bond acceptors (Lipinski definition) is 7. The van der Waals surface area contributed by atoms with Gasteiger partial charge >= 0.3 is 6.03 Å². The molecule has 174 valence electrons. The highest BCUT2D eigenvalue weighted by Crippen LogP contribution is 2.20. The van der Waals surface area contributed by atoms with Crippen LogP contribution in [0.15, 0.2) is 58.3 Å². The van der Waals surface area contributed by atoms with Gasteiger partial charge in [0.25, 0.3) is 20.2 Å². The number of urea groups is 1. The second-order valence-corrected chi connectivity index (χ2v) is 11.1. The van der Waals surface area contributed by atoms with Crippen LogP contribution in [0.2, 0.25) is 0 Å². The Balaban J connectivity index is 1.62. The lowest BCUT2D eigenvalue weighted by Gasteiger charge is -2.24. The molecule has 0 bridgehead atoms. The minimum Gasteiger partial charge on any atom is -0.333 e. The largest absolute Gasteiger partial charge is 0.333 e.